The van der Waals surface area contributed by atoms with E-state index in [2.05, 4.69) is 34.6 Å². The van der Waals surface area contributed by atoms with Crippen molar-refractivity contribution in [3.05, 3.63) is 0 Å². The largest absolute Gasteiger partial charge is 0.356 e. The molecule has 0 aliphatic rings. The Labute approximate surface area is 89.0 Å². The molecule has 2 nitrogen and oxygen atoms in total. The number of rotatable bonds is 6. The number of hydrogen-bond acceptors (Lipinski definition) is 2. The van der Waals surface area contributed by atoms with Crippen LogP contribution < -0.4 is 0 Å². The van der Waals surface area contributed by atoms with Gasteiger partial charge in [0.05, 0.1) is 0 Å². The molecule has 0 N–H and O–H groups in total. The molecule has 0 aromatic heterocycles. The maximum atomic E-state index is 5.27. The standard InChI is InChI=1S/C12H26O2/c1-9(2)12(5,10(3)4)8-11(13-6)14-7/h9-11H,8H2,1-7H3. The zero-order valence-corrected chi connectivity index (χ0v) is 10.8. The normalized spacial score (nSPS) is 13.3. The van der Waals surface area contributed by atoms with Gasteiger partial charge in [0, 0.05) is 20.6 Å². The number of hydrogen-bond donors (Lipinski definition) is 0. The van der Waals surface area contributed by atoms with E-state index in [-0.39, 0.29) is 11.7 Å². The first kappa shape index (κ1) is 13.9. The smallest absolute Gasteiger partial charge is 0.157 e. The summed E-state index contributed by atoms with van der Waals surface area (Å²) in [6.45, 7) is 11.4. The van der Waals surface area contributed by atoms with Crippen LogP contribution in [-0.4, -0.2) is 20.5 Å². The van der Waals surface area contributed by atoms with Gasteiger partial charge in [-0.25, -0.2) is 0 Å². The predicted molar refractivity (Wildman–Crippen MR) is 60.2 cm³/mol. The van der Waals surface area contributed by atoms with Gasteiger partial charge in [-0.1, -0.05) is 34.6 Å². The molecule has 0 unspecified atom stereocenters. The molecule has 14 heavy (non-hydrogen) atoms. The summed E-state index contributed by atoms with van der Waals surface area (Å²) < 4.78 is 10.5. The molecule has 0 fully saturated rings. The van der Waals surface area contributed by atoms with E-state index >= 15 is 0 Å². The van der Waals surface area contributed by atoms with E-state index in [1.54, 1.807) is 14.2 Å². The molecule has 0 bridgehead atoms. The third-order valence-electron chi connectivity index (χ3n) is 3.77. The van der Waals surface area contributed by atoms with Crippen LogP contribution in [0.4, 0.5) is 0 Å². The van der Waals surface area contributed by atoms with E-state index in [1.165, 1.54) is 0 Å². The van der Waals surface area contributed by atoms with Crippen LogP contribution >= 0.6 is 0 Å². The van der Waals surface area contributed by atoms with Gasteiger partial charge in [0.2, 0.25) is 0 Å². The molecule has 0 rings (SSSR count). The SMILES string of the molecule is COC(CC(C)(C(C)C)C(C)C)OC. The summed E-state index contributed by atoms with van der Waals surface area (Å²) in [5, 5.41) is 0. The first-order valence-electron chi connectivity index (χ1n) is 5.44. The van der Waals surface area contributed by atoms with Crippen molar-refractivity contribution in [2.45, 2.75) is 47.3 Å². The van der Waals surface area contributed by atoms with E-state index < -0.39 is 0 Å². The summed E-state index contributed by atoms with van der Waals surface area (Å²) in [7, 11) is 3.41. The lowest BCUT2D eigenvalue weighted by Gasteiger charge is -2.39. The Bertz CT molecular complexity index is 140. The van der Waals surface area contributed by atoms with Gasteiger partial charge in [0.25, 0.3) is 0 Å². The van der Waals surface area contributed by atoms with Gasteiger partial charge >= 0.3 is 0 Å². The third kappa shape index (κ3) is 3.25. The predicted octanol–water partition coefficient (Wildman–Crippen LogP) is 3.31. The highest BCUT2D eigenvalue weighted by atomic mass is 16.7. The fraction of sp³-hybridized carbons (Fsp3) is 1.00. The topological polar surface area (TPSA) is 18.5 Å². The van der Waals surface area contributed by atoms with Gasteiger partial charge in [-0.2, -0.15) is 0 Å². The fourth-order valence-electron chi connectivity index (χ4n) is 1.76. The van der Waals surface area contributed by atoms with Crippen LogP contribution in [0.15, 0.2) is 0 Å². The summed E-state index contributed by atoms with van der Waals surface area (Å²) >= 11 is 0. The first-order valence-corrected chi connectivity index (χ1v) is 5.44. The van der Waals surface area contributed by atoms with Crippen LogP contribution in [0.3, 0.4) is 0 Å². The zero-order valence-electron chi connectivity index (χ0n) is 10.8. The van der Waals surface area contributed by atoms with E-state index in [1.807, 2.05) is 0 Å². The highest BCUT2D eigenvalue weighted by Crippen LogP contribution is 2.40. The van der Waals surface area contributed by atoms with Crippen molar-refractivity contribution in [2.24, 2.45) is 17.3 Å². The van der Waals surface area contributed by atoms with Crippen molar-refractivity contribution >= 4 is 0 Å². The highest BCUT2D eigenvalue weighted by Gasteiger charge is 2.34. The van der Waals surface area contributed by atoms with Gasteiger partial charge in [0.1, 0.15) is 0 Å². The maximum Gasteiger partial charge on any atom is 0.157 e. The molecule has 0 saturated heterocycles. The molecule has 0 saturated carbocycles. The molecule has 0 radical (unpaired) electrons. The van der Waals surface area contributed by atoms with Crippen LogP contribution in [0, 0.1) is 17.3 Å². The lowest BCUT2D eigenvalue weighted by molar-refractivity contribution is -0.135. The van der Waals surface area contributed by atoms with E-state index in [4.69, 9.17) is 9.47 Å². The molecule has 0 aromatic rings. The zero-order chi connectivity index (χ0) is 11.4. The van der Waals surface area contributed by atoms with Crippen molar-refractivity contribution in [3.63, 3.8) is 0 Å². The van der Waals surface area contributed by atoms with Crippen molar-refractivity contribution < 1.29 is 9.47 Å². The molecule has 0 aliphatic carbocycles. The van der Waals surface area contributed by atoms with Crippen molar-refractivity contribution in [3.8, 4) is 0 Å². The van der Waals surface area contributed by atoms with E-state index in [0.717, 1.165) is 6.42 Å². The number of methoxy groups -OCH3 is 2. The second-order valence-corrected chi connectivity index (χ2v) is 4.92. The Morgan fingerprint density at radius 2 is 1.29 bits per heavy atom. The second kappa shape index (κ2) is 5.72. The molecule has 0 aliphatic heterocycles. The van der Waals surface area contributed by atoms with Gasteiger partial charge in [0.15, 0.2) is 6.29 Å². The minimum absolute atomic E-state index is 0.0789. The third-order valence-corrected chi connectivity index (χ3v) is 3.77. The van der Waals surface area contributed by atoms with Gasteiger partial charge in [-0.05, 0) is 17.3 Å². The average molecular weight is 202 g/mol. The quantitative estimate of drug-likeness (QED) is 0.615. The van der Waals surface area contributed by atoms with Crippen molar-refractivity contribution in [1.82, 2.24) is 0 Å². The summed E-state index contributed by atoms with van der Waals surface area (Å²) in [5.74, 6) is 1.27. The van der Waals surface area contributed by atoms with Crippen molar-refractivity contribution in [2.75, 3.05) is 14.2 Å². The monoisotopic (exact) mass is 202 g/mol. The first-order chi connectivity index (χ1) is 6.38. The Balaban J connectivity index is 4.51. The molecular formula is C12H26O2. The Morgan fingerprint density at radius 3 is 1.50 bits per heavy atom. The van der Waals surface area contributed by atoms with Crippen LogP contribution in [-0.2, 0) is 9.47 Å². The summed E-state index contributed by atoms with van der Waals surface area (Å²) in [6.07, 6.45) is 0.875. The van der Waals surface area contributed by atoms with Gasteiger partial charge in [-0.15, -0.1) is 0 Å². The molecule has 0 heterocycles. The highest BCUT2D eigenvalue weighted by molar-refractivity contribution is 4.82. The lowest BCUT2D eigenvalue weighted by Crippen LogP contribution is -2.35. The lowest BCUT2D eigenvalue weighted by atomic mass is 9.68. The maximum absolute atomic E-state index is 5.27. The minimum Gasteiger partial charge on any atom is -0.356 e. The number of ether oxygens (including phenoxy) is 2. The van der Waals surface area contributed by atoms with Gasteiger partial charge < -0.3 is 9.47 Å². The molecular weight excluding hydrogens is 176 g/mol. The molecule has 2 heteroatoms. The van der Waals surface area contributed by atoms with Crippen LogP contribution in [0.25, 0.3) is 0 Å². The van der Waals surface area contributed by atoms with E-state index in [9.17, 15) is 0 Å². The Hall–Kier alpha value is -0.0800. The minimum atomic E-state index is -0.0789. The van der Waals surface area contributed by atoms with Crippen molar-refractivity contribution in [1.29, 1.82) is 0 Å². The van der Waals surface area contributed by atoms with Crippen LogP contribution in [0.5, 0.6) is 0 Å². The van der Waals surface area contributed by atoms with Gasteiger partial charge in [-0.3, -0.25) is 0 Å². The molecule has 0 atom stereocenters. The molecule has 0 amide bonds. The summed E-state index contributed by atoms with van der Waals surface area (Å²) in [5.41, 5.74) is 0.274. The Kier molecular flexibility index (Phi) is 5.68. The fourth-order valence-corrected chi connectivity index (χ4v) is 1.76. The average Bonchev–Trinajstić information content (AvgIpc) is 2.13. The molecule has 0 aromatic carbocycles. The van der Waals surface area contributed by atoms with Crippen LogP contribution in [0.2, 0.25) is 0 Å². The second-order valence-electron chi connectivity index (χ2n) is 4.92. The molecule has 86 valence electrons. The summed E-state index contributed by atoms with van der Waals surface area (Å²) in [4.78, 5) is 0. The van der Waals surface area contributed by atoms with Crippen LogP contribution in [0.1, 0.15) is 41.0 Å². The summed E-state index contributed by atoms with van der Waals surface area (Å²) in [6, 6.07) is 0. The Morgan fingerprint density at radius 1 is 0.929 bits per heavy atom. The van der Waals surface area contributed by atoms with E-state index in [0.29, 0.717) is 11.8 Å². The molecule has 0 spiro atoms.